The molecule has 0 saturated heterocycles. The second-order valence-electron chi connectivity index (χ2n) is 5.81. The summed E-state index contributed by atoms with van der Waals surface area (Å²) in [6.07, 6.45) is 5.63. The van der Waals surface area contributed by atoms with Crippen LogP contribution in [0.1, 0.15) is 52.9 Å². The summed E-state index contributed by atoms with van der Waals surface area (Å²) in [5.74, 6) is 0.626. The molecule has 88 valence electrons. The van der Waals surface area contributed by atoms with Gasteiger partial charge in [-0.15, -0.1) is 0 Å². The zero-order chi connectivity index (χ0) is 11.3. The molecule has 0 aromatic rings. The first-order valence-electron chi connectivity index (χ1n) is 6.09. The second kappa shape index (κ2) is 5.64. The van der Waals surface area contributed by atoms with E-state index in [1.807, 2.05) is 0 Å². The zero-order valence-corrected chi connectivity index (χ0v) is 10.3. The third-order valence-electron chi connectivity index (χ3n) is 3.05. The molecule has 0 aromatic heterocycles. The lowest BCUT2D eigenvalue weighted by Gasteiger charge is -2.17. The molecule has 15 heavy (non-hydrogen) atoms. The Morgan fingerprint density at radius 1 is 1.27 bits per heavy atom. The number of hydrogen-bond acceptors (Lipinski definition) is 2. The topological polar surface area (TPSA) is 26.3 Å². The Balaban J connectivity index is 2.07. The van der Waals surface area contributed by atoms with Crippen LogP contribution in [0.25, 0.3) is 0 Å². The van der Waals surface area contributed by atoms with Crippen LogP contribution in [0.2, 0.25) is 0 Å². The number of ether oxygens (including phenoxy) is 1. The van der Waals surface area contributed by atoms with Crippen LogP contribution in [0.5, 0.6) is 0 Å². The van der Waals surface area contributed by atoms with Gasteiger partial charge in [-0.2, -0.15) is 0 Å². The fraction of sp³-hybridized carbons (Fsp3) is 0.923. The lowest BCUT2D eigenvalue weighted by Crippen LogP contribution is -2.19. The van der Waals surface area contributed by atoms with E-state index in [1.54, 1.807) is 0 Å². The number of carbonyl (C=O) groups excluding carboxylic acids is 1. The number of carbonyl (C=O) groups is 1. The average Bonchev–Trinajstić information content (AvgIpc) is 2.63. The summed E-state index contributed by atoms with van der Waals surface area (Å²) in [5.41, 5.74) is 0.302. The molecule has 1 aliphatic rings. The van der Waals surface area contributed by atoms with Crippen molar-refractivity contribution in [3.8, 4) is 0 Å². The Kier molecular flexibility index (Phi) is 4.78. The van der Waals surface area contributed by atoms with Crippen molar-refractivity contribution in [3.05, 3.63) is 0 Å². The molecule has 0 aliphatic heterocycles. The molecular weight excluding hydrogens is 188 g/mol. The molecule has 2 heteroatoms. The molecule has 1 aliphatic carbocycles. The van der Waals surface area contributed by atoms with Gasteiger partial charge in [-0.1, -0.05) is 33.6 Å². The highest BCUT2D eigenvalue weighted by molar-refractivity contribution is 5.82. The molecule has 1 fully saturated rings. The highest BCUT2D eigenvalue weighted by Gasteiger charge is 2.22. The van der Waals surface area contributed by atoms with Gasteiger partial charge in [-0.25, -0.2) is 0 Å². The van der Waals surface area contributed by atoms with Gasteiger partial charge in [-0.05, 0) is 24.7 Å². The smallest absolute Gasteiger partial charge is 0.161 e. The summed E-state index contributed by atoms with van der Waals surface area (Å²) in [6.45, 7) is 7.61. The Morgan fingerprint density at radius 3 is 2.40 bits per heavy atom. The van der Waals surface area contributed by atoms with Crippen LogP contribution in [-0.2, 0) is 9.53 Å². The number of rotatable bonds is 5. The van der Waals surface area contributed by atoms with Crippen LogP contribution in [-0.4, -0.2) is 19.0 Å². The lowest BCUT2D eigenvalue weighted by molar-refractivity contribution is -0.127. The molecule has 1 rings (SSSR count). The summed E-state index contributed by atoms with van der Waals surface area (Å²) in [5, 5.41) is 0. The summed E-state index contributed by atoms with van der Waals surface area (Å²) in [6, 6.07) is 0. The maximum atomic E-state index is 11.6. The molecule has 0 unspecified atom stereocenters. The van der Waals surface area contributed by atoms with E-state index in [4.69, 9.17) is 4.74 Å². The fourth-order valence-corrected chi connectivity index (χ4v) is 1.92. The molecule has 2 nitrogen and oxygen atoms in total. The van der Waals surface area contributed by atoms with Crippen LogP contribution in [0.15, 0.2) is 0 Å². The van der Waals surface area contributed by atoms with Gasteiger partial charge in [-0.3, -0.25) is 4.79 Å². The van der Waals surface area contributed by atoms with Gasteiger partial charge < -0.3 is 4.74 Å². The minimum absolute atomic E-state index is 0.302. The van der Waals surface area contributed by atoms with Crippen LogP contribution in [0.4, 0.5) is 0 Å². The average molecular weight is 212 g/mol. The zero-order valence-electron chi connectivity index (χ0n) is 10.3. The van der Waals surface area contributed by atoms with Crippen LogP contribution >= 0.6 is 0 Å². The molecule has 0 atom stereocenters. The van der Waals surface area contributed by atoms with E-state index in [-0.39, 0.29) is 0 Å². The summed E-state index contributed by atoms with van der Waals surface area (Å²) >= 11 is 0. The van der Waals surface area contributed by atoms with Gasteiger partial charge in [0.2, 0.25) is 0 Å². The Hall–Kier alpha value is -0.370. The number of ketones is 1. The first-order valence-corrected chi connectivity index (χ1v) is 6.09. The predicted molar refractivity (Wildman–Crippen MR) is 61.9 cm³/mol. The van der Waals surface area contributed by atoms with Crippen LogP contribution in [0.3, 0.4) is 0 Å². The first-order chi connectivity index (χ1) is 6.99. The summed E-state index contributed by atoms with van der Waals surface area (Å²) in [7, 11) is 0. The minimum Gasteiger partial charge on any atom is -0.374 e. The third-order valence-corrected chi connectivity index (χ3v) is 3.05. The highest BCUT2D eigenvalue weighted by Crippen LogP contribution is 2.25. The van der Waals surface area contributed by atoms with E-state index < -0.39 is 0 Å². The summed E-state index contributed by atoms with van der Waals surface area (Å²) < 4.78 is 5.43. The van der Waals surface area contributed by atoms with Crippen molar-refractivity contribution in [3.63, 3.8) is 0 Å². The Labute approximate surface area is 93.4 Å². The van der Waals surface area contributed by atoms with Gasteiger partial charge in [0.25, 0.3) is 0 Å². The number of Topliss-reactive ketones (excluding diaryl/α,β-unsaturated/α-hetero) is 1. The standard InChI is InChI=1S/C13H24O2/c1-13(2,3)8-9-15-10-12(14)11-6-4-5-7-11/h11H,4-10H2,1-3H3. The SMILES string of the molecule is CC(C)(C)CCOCC(=O)C1CCCC1. The minimum atomic E-state index is 0.302. The lowest BCUT2D eigenvalue weighted by atomic mass is 9.93. The maximum absolute atomic E-state index is 11.6. The van der Waals surface area contributed by atoms with E-state index in [9.17, 15) is 4.79 Å². The van der Waals surface area contributed by atoms with Crippen LogP contribution in [0, 0.1) is 11.3 Å². The monoisotopic (exact) mass is 212 g/mol. The molecule has 0 N–H and O–H groups in total. The predicted octanol–water partition coefficient (Wildman–Crippen LogP) is 3.20. The van der Waals surface area contributed by atoms with Gasteiger partial charge in [0.05, 0.1) is 0 Å². The molecule has 0 heterocycles. The van der Waals surface area contributed by atoms with Crippen molar-refractivity contribution in [1.82, 2.24) is 0 Å². The highest BCUT2D eigenvalue weighted by atomic mass is 16.5. The third kappa shape index (κ3) is 5.31. The van der Waals surface area contributed by atoms with Crippen molar-refractivity contribution in [2.75, 3.05) is 13.2 Å². The Morgan fingerprint density at radius 2 is 1.87 bits per heavy atom. The molecule has 0 bridgehead atoms. The molecule has 0 spiro atoms. The van der Waals surface area contributed by atoms with Gasteiger partial charge >= 0.3 is 0 Å². The largest absolute Gasteiger partial charge is 0.374 e. The van der Waals surface area contributed by atoms with Crippen molar-refractivity contribution < 1.29 is 9.53 Å². The molecule has 0 aromatic carbocycles. The quantitative estimate of drug-likeness (QED) is 0.654. The van der Waals surface area contributed by atoms with Crippen LogP contribution < -0.4 is 0 Å². The molecular formula is C13H24O2. The van der Waals surface area contributed by atoms with Crippen molar-refractivity contribution in [2.24, 2.45) is 11.3 Å². The van der Waals surface area contributed by atoms with E-state index in [0.717, 1.165) is 19.3 Å². The van der Waals surface area contributed by atoms with E-state index in [2.05, 4.69) is 20.8 Å². The Bertz CT molecular complexity index is 197. The fourth-order valence-electron chi connectivity index (χ4n) is 1.92. The maximum Gasteiger partial charge on any atom is 0.161 e. The van der Waals surface area contributed by atoms with Crippen molar-refractivity contribution in [1.29, 1.82) is 0 Å². The second-order valence-corrected chi connectivity index (χ2v) is 5.81. The van der Waals surface area contributed by atoms with E-state index in [0.29, 0.717) is 30.3 Å². The summed E-state index contributed by atoms with van der Waals surface area (Å²) in [4.78, 5) is 11.6. The van der Waals surface area contributed by atoms with Gasteiger partial charge in [0, 0.05) is 12.5 Å². The van der Waals surface area contributed by atoms with E-state index in [1.165, 1.54) is 12.8 Å². The molecule has 1 saturated carbocycles. The molecule has 0 radical (unpaired) electrons. The number of hydrogen-bond donors (Lipinski definition) is 0. The first kappa shape index (κ1) is 12.7. The van der Waals surface area contributed by atoms with Crippen molar-refractivity contribution >= 4 is 5.78 Å². The van der Waals surface area contributed by atoms with Crippen molar-refractivity contribution in [2.45, 2.75) is 52.9 Å². The molecule has 0 amide bonds. The van der Waals surface area contributed by atoms with Gasteiger partial charge in [0.1, 0.15) is 6.61 Å². The van der Waals surface area contributed by atoms with Gasteiger partial charge in [0.15, 0.2) is 5.78 Å². The normalized spacial score (nSPS) is 18.3. The van der Waals surface area contributed by atoms with E-state index >= 15 is 0 Å².